The van der Waals surface area contributed by atoms with E-state index in [2.05, 4.69) is 52.9 Å². The maximum Gasteiger partial charge on any atom is 0.138 e. The maximum atomic E-state index is 5.28. The van der Waals surface area contributed by atoms with Gasteiger partial charge in [0, 0.05) is 22.2 Å². The maximum absolute atomic E-state index is 5.28. The number of nitrogens with one attached hydrogen (secondary N) is 1. The largest absolute Gasteiger partial charge is 0.364 e. The summed E-state index contributed by atoms with van der Waals surface area (Å²) in [6.07, 6.45) is 8.87. The van der Waals surface area contributed by atoms with Gasteiger partial charge >= 0.3 is 0 Å². The van der Waals surface area contributed by atoms with Crippen molar-refractivity contribution < 1.29 is 0 Å². The molecule has 1 N–H and O–H groups in total. The summed E-state index contributed by atoms with van der Waals surface area (Å²) in [4.78, 5) is 5.28. The molecule has 2 heterocycles. The van der Waals surface area contributed by atoms with E-state index in [-0.39, 0.29) is 21.9 Å². The first-order valence-corrected chi connectivity index (χ1v) is 8.19. The van der Waals surface area contributed by atoms with E-state index in [4.69, 9.17) is 4.99 Å². The van der Waals surface area contributed by atoms with Crippen LogP contribution >= 0.6 is 0 Å². The van der Waals surface area contributed by atoms with Gasteiger partial charge in [-0.3, -0.25) is 4.99 Å². The van der Waals surface area contributed by atoms with Gasteiger partial charge in [-0.2, -0.15) is 0 Å². The van der Waals surface area contributed by atoms with E-state index in [0.717, 1.165) is 6.42 Å². The molecular formula is C18H30N2. The average molecular weight is 274 g/mol. The molecule has 2 aliphatic heterocycles. The van der Waals surface area contributed by atoms with Crippen molar-refractivity contribution in [1.82, 2.24) is 5.32 Å². The molecular weight excluding hydrogens is 244 g/mol. The van der Waals surface area contributed by atoms with E-state index >= 15 is 0 Å². The van der Waals surface area contributed by atoms with Gasteiger partial charge in [0.1, 0.15) is 5.66 Å². The fourth-order valence-corrected chi connectivity index (χ4v) is 4.08. The lowest BCUT2D eigenvalue weighted by molar-refractivity contribution is 0.131. The first-order chi connectivity index (χ1) is 9.08. The number of aliphatic imine (C=N–C) groups is 1. The molecule has 1 aliphatic carbocycles. The molecule has 0 radical (unpaired) electrons. The van der Waals surface area contributed by atoms with Gasteiger partial charge in [0.25, 0.3) is 0 Å². The van der Waals surface area contributed by atoms with Gasteiger partial charge in [0.15, 0.2) is 0 Å². The highest BCUT2D eigenvalue weighted by Crippen LogP contribution is 2.59. The third-order valence-corrected chi connectivity index (χ3v) is 5.48. The summed E-state index contributed by atoms with van der Waals surface area (Å²) in [6.45, 7) is 13.8. The van der Waals surface area contributed by atoms with Crippen LogP contribution in [0.4, 0.5) is 0 Å². The molecule has 1 fully saturated rings. The van der Waals surface area contributed by atoms with Crippen molar-refractivity contribution in [2.75, 3.05) is 0 Å². The molecule has 0 bridgehead atoms. The van der Waals surface area contributed by atoms with E-state index in [1.165, 1.54) is 37.1 Å². The standard InChI is InChI=1S/C18H30N2/c1-15(2,3)13-11-17-9-7-8-10-18(17,19-13)20-14(12-17)16(4,5)6/h11,19H,7-10,12H2,1-6H3. The van der Waals surface area contributed by atoms with E-state index < -0.39 is 0 Å². The molecule has 1 saturated carbocycles. The van der Waals surface area contributed by atoms with E-state index in [1.807, 2.05) is 0 Å². The predicted molar refractivity (Wildman–Crippen MR) is 85.8 cm³/mol. The third kappa shape index (κ3) is 1.87. The van der Waals surface area contributed by atoms with Crippen LogP contribution in [0.1, 0.15) is 73.6 Å². The van der Waals surface area contributed by atoms with E-state index in [1.54, 1.807) is 0 Å². The number of rotatable bonds is 0. The van der Waals surface area contributed by atoms with Gasteiger partial charge in [0.05, 0.1) is 0 Å². The Morgan fingerprint density at radius 2 is 1.65 bits per heavy atom. The second-order valence-corrected chi connectivity index (χ2v) is 9.14. The molecule has 0 aromatic carbocycles. The molecule has 112 valence electrons. The quantitative estimate of drug-likeness (QED) is 0.682. The molecule has 3 aliphatic rings. The highest BCUT2D eigenvalue weighted by Gasteiger charge is 2.61. The Labute approximate surface area is 124 Å². The molecule has 2 atom stereocenters. The average Bonchev–Trinajstić information content (AvgIpc) is 2.76. The SMILES string of the molecule is CC(C)(C)C1=CC23CCCCC2(N=C(C(C)(C)C)C3)N1. The first-order valence-electron chi connectivity index (χ1n) is 8.19. The zero-order valence-electron chi connectivity index (χ0n) is 14.1. The molecule has 0 aromatic heterocycles. The van der Waals surface area contributed by atoms with Crippen LogP contribution in [-0.4, -0.2) is 11.4 Å². The predicted octanol–water partition coefficient (Wildman–Crippen LogP) is 4.67. The van der Waals surface area contributed by atoms with Crippen molar-refractivity contribution >= 4 is 5.71 Å². The van der Waals surface area contributed by atoms with Crippen LogP contribution in [0.5, 0.6) is 0 Å². The summed E-state index contributed by atoms with van der Waals surface area (Å²) in [6, 6.07) is 0. The molecule has 0 aromatic rings. The Balaban J connectivity index is 2.03. The number of allylic oxidation sites excluding steroid dienone is 1. The zero-order chi connectivity index (χ0) is 14.8. The Bertz CT molecular complexity index is 441. The summed E-state index contributed by atoms with van der Waals surface area (Å²) in [5.74, 6) is 0. The number of hydrogen-bond acceptors (Lipinski definition) is 2. The third-order valence-electron chi connectivity index (χ3n) is 5.48. The fraction of sp³-hybridized carbons (Fsp3) is 0.833. The Morgan fingerprint density at radius 3 is 2.20 bits per heavy atom. The molecule has 3 rings (SSSR count). The minimum absolute atomic E-state index is 0.0174. The van der Waals surface area contributed by atoms with Crippen molar-refractivity contribution in [1.29, 1.82) is 0 Å². The van der Waals surface area contributed by atoms with Crippen LogP contribution in [0.2, 0.25) is 0 Å². The van der Waals surface area contributed by atoms with Gasteiger partial charge < -0.3 is 5.32 Å². The van der Waals surface area contributed by atoms with Crippen molar-refractivity contribution in [2.24, 2.45) is 21.2 Å². The van der Waals surface area contributed by atoms with Crippen LogP contribution in [0.25, 0.3) is 0 Å². The van der Waals surface area contributed by atoms with Crippen molar-refractivity contribution in [3.63, 3.8) is 0 Å². The van der Waals surface area contributed by atoms with Crippen LogP contribution in [-0.2, 0) is 0 Å². The summed E-state index contributed by atoms with van der Waals surface area (Å²) < 4.78 is 0. The highest BCUT2D eigenvalue weighted by atomic mass is 15.2. The summed E-state index contributed by atoms with van der Waals surface area (Å²) in [5, 5.41) is 3.87. The minimum atomic E-state index is -0.0174. The second-order valence-electron chi connectivity index (χ2n) is 9.14. The summed E-state index contributed by atoms with van der Waals surface area (Å²) >= 11 is 0. The molecule has 20 heavy (non-hydrogen) atoms. The molecule has 2 nitrogen and oxygen atoms in total. The fourth-order valence-electron chi connectivity index (χ4n) is 4.08. The van der Waals surface area contributed by atoms with Crippen LogP contribution in [0.15, 0.2) is 16.8 Å². The monoisotopic (exact) mass is 274 g/mol. The zero-order valence-corrected chi connectivity index (χ0v) is 14.1. The van der Waals surface area contributed by atoms with Gasteiger partial charge in [0.2, 0.25) is 0 Å². The normalized spacial score (nSPS) is 36.9. The van der Waals surface area contributed by atoms with Gasteiger partial charge in [-0.05, 0) is 31.1 Å². The van der Waals surface area contributed by atoms with E-state index in [0.29, 0.717) is 0 Å². The van der Waals surface area contributed by atoms with Crippen molar-refractivity contribution in [3.8, 4) is 0 Å². The lowest BCUT2D eigenvalue weighted by Gasteiger charge is -2.42. The molecule has 0 spiro atoms. The summed E-state index contributed by atoms with van der Waals surface area (Å²) in [7, 11) is 0. The highest BCUT2D eigenvalue weighted by molar-refractivity contribution is 5.93. The Hall–Kier alpha value is -0.790. The lowest BCUT2D eigenvalue weighted by Crippen LogP contribution is -2.51. The molecule has 2 unspecified atom stereocenters. The van der Waals surface area contributed by atoms with Gasteiger partial charge in [-0.25, -0.2) is 0 Å². The van der Waals surface area contributed by atoms with Crippen LogP contribution in [0, 0.1) is 16.2 Å². The smallest absolute Gasteiger partial charge is 0.138 e. The summed E-state index contributed by atoms with van der Waals surface area (Å²) in [5.41, 5.74) is 3.47. The van der Waals surface area contributed by atoms with E-state index in [9.17, 15) is 0 Å². The van der Waals surface area contributed by atoms with Crippen LogP contribution in [0.3, 0.4) is 0 Å². The minimum Gasteiger partial charge on any atom is -0.364 e. The molecule has 0 saturated heterocycles. The molecule has 2 heteroatoms. The topological polar surface area (TPSA) is 24.4 Å². The van der Waals surface area contributed by atoms with Crippen molar-refractivity contribution in [2.45, 2.75) is 79.3 Å². The Morgan fingerprint density at radius 1 is 1.00 bits per heavy atom. The first kappa shape index (κ1) is 14.2. The van der Waals surface area contributed by atoms with Gasteiger partial charge in [-0.15, -0.1) is 0 Å². The number of hydrogen-bond donors (Lipinski definition) is 1. The van der Waals surface area contributed by atoms with Gasteiger partial charge in [-0.1, -0.05) is 54.0 Å². The Kier molecular flexibility index (Phi) is 2.76. The lowest BCUT2D eigenvalue weighted by atomic mass is 9.65. The molecule has 0 amide bonds. The number of nitrogens with zero attached hydrogens (tertiary/aromatic N) is 1. The second kappa shape index (κ2) is 3.90. The van der Waals surface area contributed by atoms with Crippen molar-refractivity contribution in [3.05, 3.63) is 11.8 Å². The van der Waals surface area contributed by atoms with Crippen LogP contribution < -0.4 is 5.32 Å².